The van der Waals surface area contributed by atoms with Crippen LogP contribution in [0.4, 0.5) is 0 Å². The summed E-state index contributed by atoms with van der Waals surface area (Å²) >= 11 is 0. The van der Waals surface area contributed by atoms with Crippen LogP contribution in [-0.2, 0) is 18.4 Å². The predicted molar refractivity (Wildman–Crippen MR) is 272 cm³/mol. The highest BCUT2D eigenvalue weighted by Crippen LogP contribution is 2.43. The number of amides is 1. The van der Waals surface area contributed by atoms with Gasteiger partial charge in [-0.05, 0) is 70.6 Å². The first-order valence-electron chi connectivity index (χ1n) is 25.5. The Balaban J connectivity index is 4.30. The van der Waals surface area contributed by atoms with Crippen LogP contribution in [0.15, 0.2) is 85.1 Å². The van der Waals surface area contributed by atoms with E-state index in [1.807, 2.05) is 21.1 Å². The number of carbonyl (C=O) groups is 1. The Bertz CT molecular complexity index is 1300. The first kappa shape index (κ1) is 60.7. The third kappa shape index (κ3) is 47.5. The van der Waals surface area contributed by atoms with Crippen molar-refractivity contribution in [2.75, 3.05) is 40.9 Å². The van der Waals surface area contributed by atoms with Gasteiger partial charge in [0.15, 0.2) is 0 Å². The lowest BCUT2D eigenvalue weighted by Crippen LogP contribution is -2.46. The van der Waals surface area contributed by atoms with Gasteiger partial charge in [-0.2, -0.15) is 0 Å². The topological polar surface area (TPSA) is 105 Å². The summed E-state index contributed by atoms with van der Waals surface area (Å²) < 4.78 is 23.7. The molecule has 0 saturated heterocycles. The molecular formula is C54H98N2O6P+. The highest BCUT2D eigenvalue weighted by atomic mass is 31.2. The van der Waals surface area contributed by atoms with E-state index < -0.39 is 20.0 Å². The number of unbranched alkanes of at least 4 members (excludes halogenated alkanes) is 18. The van der Waals surface area contributed by atoms with E-state index in [4.69, 9.17) is 9.05 Å². The Kier molecular flexibility index (Phi) is 43.2. The number of rotatable bonds is 45. The summed E-state index contributed by atoms with van der Waals surface area (Å²) in [6.45, 7) is 4.74. The Morgan fingerprint density at radius 1 is 0.556 bits per heavy atom. The van der Waals surface area contributed by atoms with Crippen molar-refractivity contribution in [3.63, 3.8) is 0 Å². The maximum Gasteiger partial charge on any atom is 0.472 e. The van der Waals surface area contributed by atoms with Gasteiger partial charge in [-0.1, -0.05) is 208 Å². The lowest BCUT2D eigenvalue weighted by Gasteiger charge is -2.26. The highest BCUT2D eigenvalue weighted by Gasteiger charge is 2.28. The highest BCUT2D eigenvalue weighted by molar-refractivity contribution is 7.47. The molecule has 0 fully saturated rings. The van der Waals surface area contributed by atoms with Crippen molar-refractivity contribution < 1.29 is 32.9 Å². The van der Waals surface area contributed by atoms with Crippen molar-refractivity contribution in [3.05, 3.63) is 85.1 Å². The van der Waals surface area contributed by atoms with Gasteiger partial charge in [0, 0.05) is 6.42 Å². The summed E-state index contributed by atoms with van der Waals surface area (Å²) in [5.74, 6) is -0.167. The number of aliphatic hydroxyl groups is 1. The van der Waals surface area contributed by atoms with E-state index >= 15 is 0 Å². The van der Waals surface area contributed by atoms with Gasteiger partial charge in [-0.25, -0.2) is 4.57 Å². The Morgan fingerprint density at radius 2 is 0.952 bits per heavy atom. The Morgan fingerprint density at radius 3 is 1.40 bits per heavy atom. The molecule has 0 bridgehead atoms. The smallest absolute Gasteiger partial charge is 0.391 e. The molecule has 8 nitrogen and oxygen atoms in total. The molecule has 0 aromatic rings. The maximum absolute atomic E-state index is 12.9. The van der Waals surface area contributed by atoms with Crippen molar-refractivity contribution >= 4 is 13.7 Å². The number of nitrogens with one attached hydrogen (secondary N) is 1. The Hall–Kier alpha value is -2.32. The zero-order valence-electron chi connectivity index (χ0n) is 41.3. The van der Waals surface area contributed by atoms with Gasteiger partial charge in [0.25, 0.3) is 0 Å². The molecule has 0 rings (SSSR count). The van der Waals surface area contributed by atoms with Crippen molar-refractivity contribution in [2.45, 2.75) is 212 Å². The van der Waals surface area contributed by atoms with Gasteiger partial charge in [0.2, 0.25) is 5.91 Å². The molecule has 63 heavy (non-hydrogen) atoms. The normalized spacial score (nSPS) is 14.8. The van der Waals surface area contributed by atoms with E-state index in [2.05, 4.69) is 104 Å². The average Bonchev–Trinajstić information content (AvgIpc) is 3.24. The average molecular weight is 902 g/mol. The molecule has 0 aliphatic rings. The number of nitrogens with zero attached hydrogens (tertiary/aromatic N) is 1. The fourth-order valence-electron chi connectivity index (χ4n) is 6.91. The minimum atomic E-state index is -4.33. The van der Waals surface area contributed by atoms with Gasteiger partial charge in [-0.3, -0.25) is 13.8 Å². The fraction of sp³-hybridized carbons (Fsp3) is 0.722. The van der Waals surface area contributed by atoms with Crippen molar-refractivity contribution in [2.24, 2.45) is 0 Å². The predicted octanol–water partition coefficient (Wildman–Crippen LogP) is 14.9. The molecule has 0 radical (unpaired) electrons. The van der Waals surface area contributed by atoms with Crippen LogP contribution >= 0.6 is 7.82 Å². The molecule has 0 saturated carbocycles. The molecule has 3 unspecified atom stereocenters. The van der Waals surface area contributed by atoms with Crippen LogP contribution in [0.1, 0.15) is 200 Å². The van der Waals surface area contributed by atoms with Crippen LogP contribution in [0.25, 0.3) is 0 Å². The monoisotopic (exact) mass is 902 g/mol. The lowest BCUT2D eigenvalue weighted by atomic mass is 10.0. The second kappa shape index (κ2) is 44.9. The molecule has 0 spiro atoms. The summed E-state index contributed by atoms with van der Waals surface area (Å²) in [6.07, 6.45) is 61.9. The zero-order valence-corrected chi connectivity index (χ0v) is 42.2. The van der Waals surface area contributed by atoms with Crippen LogP contribution in [-0.4, -0.2) is 73.4 Å². The molecule has 0 aromatic heterocycles. The molecule has 0 heterocycles. The number of quaternary nitrogens is 1. The van der Waals surface area contributed by atoms with E-state index in [0.717, 1.165) is 103 Å². The largest absolute Gasteiger partial charge is 0.472 e. The van der Waals surface area contributed by atoms with Crippen molar-refractivity contribution in [1.82, 2.24) is 5.32 Å². The molecule has 364 valence electrons. The number of likely N-dealkylation sites (N-methyl/N-ethyl adjacent to an activating group) is 1. The van der Waals surface area contributed by atoms with E-state index in [1.165, 1.54) is 70.6 Å². The minimum Gasteiger partial charge on any atom is -0.391 e. The van der Waals surface area contributed by atoms with Gasteiger partial charge < -0.3 is 19.8 Å². The summed E-state index contributed by atoms with van der Waals surface area (Å²) in [5.41, 5.74) is 0. The minimum absolute atomic E-state index is 0.0660. The third-order valence-electron chi connectivity index (χ3n) is 10.9. The van der Waals surface area contributed by atoms with Crippen molar-refractivity contribution in [1.29, 1.82) is 0 Å². The number of hydrogen-bond donors (Lipinski definition) is 3. The molecular weight excluding hydrogens is 804 g/mol. The van der Waals surface area contributed by atoms with Crippen LogP contribution in [0.5, 0.6) is 0 Å². The van der Waals surface area contributed by atoms with Crippen LogP contribution in [0.3, 0.4) is 0 Å². The molecule has 9 heteroatoms. The number of aliphatic hydroxyl groups excluding tert-OH is 1. The Labute approximate surface area is 388 Å². The van der Waals surface area contributed by atoms with Gasteiger partial charge in [-0.15, -0.1) is 0 Å². The van der Waals surface area contributed by atoms with Gasteiger partial charge in [0.05, 0.1) is 39.9 Å². The quantitative estimate of drug-likeness (QED) is 0.0243. The SMILES string of the molecule is CC/C=C\C/C=C\C/C=C\C/C=C\C/C=C\C/C=C\C/C=C\CCCCCCCC(=O)NC(COP(=O)(O)OCC[N+](C)(C)C)C(O)CCCCCCCCCCCCCCCC. The number of allylic oxidation sites excluding steroid dienone is 14. The fourth-order valence-corrected chi connectivity index (χ4v) is 7.64. The van der Waals surface area contributed by atoms with Crippen molar-refractivity contribution in [3.8, 4) is 0 Å². The number of carbonyl (C=O) groups excluding carboxylic acids is 1. The number of phosphoric acid groups is 1. The van der Waals surface area contributed by atoms with E-state index in [1.54, 1.807) is 0 Å². The summed E-state index contributed by atoms with van der Waals surface area (Å²) in [7, 11) is 1.59. The molecule has 3 N–H and O–H groups in total. The zero-order chi connectivity index (χ0) is 46.4. The number of hydrogen-bond acceptors (Lipinski definition) is 5. The van der Waals surface area contributed by atoms with Crippen LogP contribution in [0, 0.1) is 0 Å². The molecule has 0 aliphatic heterocycles. The number of phosphoric ester groups is 1. The third-order valence-corrected chi connectivity index (χ3v) is 11.9. The van der Waals surface area contributed by atoms with Crippen LogP contribution in [0.2, 0.25) is 0 Å². The standard InChI is InChI=1S/C54H97N2O6P/c1-6-8-10-12-14-16-18-20-22-23-24-25-26-27-28-29-30-31-32-33-34-36-38-40-42-44-46-48-54(58)55-52(51-62-63(59,60)61-50-49-56(3,4)5)53(57)47-45-43-41-39-37-35-21-19-17-15-13-11-9-7-2/h8,10,14,16,20,22,24-25,27-28,30-31,33-34,52-53,57H,6-7,9,11-13,15,17-19,21,23,26,29,32,35-51H2,1-5H3,(H-,55,58,59,60)/p+1/b10-8-,16-14-,22-20-,25-24-,28-27-,31-30-,34-33-. The van der Waals surface area contributed by atoms with Crippen LogP contribution < -0.4 is 5.32 Å². The summed E-state index contributed by atoms with van der Waals surface area (Å²) in [6, 6.07) is -0.776. The maximum atomic E-state index is 12.9. The summed E-state index contributed by atoms with van der Waals surface area (Å²) in [4.78, 5) is 23.2. The summed E-state index contributed by atoms with van der Waals surface area (Å²) in [5, 5.41) is 14.0. The molecule has 0 aromatic carbocycles. The van der Waals surface area contributed by atoms with E-state index in [-0.39, 0.29) is 19.1 Å². The molecule has 3 atom stereocenters. The van der Waals surface area contributed by atoms with Gasteiger partial charge >= 0.3 is 7.82 Å². The first-order chi connectivity index (χ1) is 30.5. The molecule has 0 aliphatic carbocycles. The van der Waals surface area contributed by atoms with Gasteiger partial charge in [0.1, 0.15) is 13.2 Å². The first-order valence-corrected chi connectivity index (χ1v) is 26.9. The molecule has 1 amide bonds. The second-order valence-corrected chi connectivity index (χ2v) is 19.6. The van der Waals surface area contributed by atoms with E-state index in [9.17, 15) is 19.4 Å². The second-order valence-electron chi connectivity index (χ2n) is 18.2. The lowest BCUT2D eigenvalue weighted by molar-refractivity contribution is -0.870. The van der Waals surface area contributed by atoms with E-state index in [0.29, 0.717) is 23.9 Å².